The van der Waals surface area contributed by atoms with Gasteiger partial charge in [0.25, 0.3) is 0 Å². The highest BCUT2D eigenvalue weighted by Gasteiger charge is 2.24. The van der Waals surface area contributed by atoms with Crippen LogP contribution in [0.3, 0.4) is 0 Å². The molecule has 1 rings (SSSR count). The van der Waals surface area contributed by atoms with Gasteiger partial charge in [-0.15, -0.1) is 11.3 Å². The number of carbonyl (C=O) groups excluding carboxylic acids is 1. The molecule has 0 saturated heterocycles. The van der Waals surface area contributed by atoms with Crippen LogP contribution in [-0.4, -0.2) is 28.1 Å². The van der Waals surface area contributed by atoms with Crippen molar-refractivity contribution in [3.63, 3.8) is 0 Å². The highest BCUT2D eigenvalue weighted by Crippen LogP contribution is 2.25. The summed E-state index contributed by atoms with van der Waals surface area (Å²) in [5, 5.41) is 14.1. The Kier molecular flexibility index (Phi) is 5.29. The molecule has 106 valence electrons. The van der Waals surface area contributed by atoms with E-state index in [1.807, 2.05) is 13.8 Å². The third-order valence-electron chi connectivity index (χ3n) is 2.55. The molecule has 0 unspecified atom stereocenters. The first-order valence-electron chi connectivity index (χ1n) is 6.07. The van der Waals surface area contributed by atoms with Crippen molar-refractivity contribution in [2.45, 2.75) is 39.7 Å². The first-order valence-corrected chi connectivity index (χ1v) is 6.89. The van der Waals surface area contributed by atoms with Crippen molar-refractivity contribution in [1.82, 2.24) is 10.3 Å². The molecule has 7 heteroatoms. The quantitative estimate of drug-likeness (QED) is 0.775. The van der Waals surface area contributed by atoms with Crippen LogP contribution in [-0.2, 0) is 4.79 Å². The van der Waals surface area contributed by atoms with Gasteiger partial charge in [-0.1, -0.05) is 27.7 Å². The summed E-state index contributed by atoms with van der Waals surface area (Å²) in [4.78, 5) is 27.8. The average molecular weight is 285 g/mol. The molecular weight excluding hydrogens is 266 g/mol. The van der Waals surface area contributed by atoms with E-state index >= 15 is 0 Å². The van der Waals surface area contributed by atoms with Gasteiger partial charge >= 0.3 is 6.09 Å². The minimum Gasteiger partial charge on any atom is -0.465 e. The Labute approximate surface area is 116 Å². The van der Waals surface area contributed by atoms with Crippen molar-refractivity contribution >= 4 is 28.5 Å². The molecule has 0 saturated carbocycles. The van der Waals surface area contributed by atoms with Gasteiger partial charge in [-0.05, 0) is 11.8 Å². The van der Waals surface area contributed by atoms with Gasteiger partial charge in [0.15, 0.2) is 5.13 Å². The van der Waals surface area contributed by atoms with Crippen molar-refractivity contribution in [1.29, 1.82) is 0 Å². The minimum atomic E-state index is -1.21. The molecule has 0 spiro atoms. The van der Waals surface area contributed by atoms with Crippen LogP contribution in [0.25, 0.3) is 0 Å². The summed E-state index contributed by atoms with van der Waals surface area (Å²) in [5.74, 6) is -0.177. The number of thiazole rings is 1. The largest absolute Gasteiger partial charge is 0.465 e. The molecule has 2 amide bonds. The van der Waals surface area contributed by atoms with Crippen molar-refractivity contribution in [2.75, 3.05) is 5.32 Å². The molecule has 1 heterocycles. The number of nitrogens with zero attached hydrogens (tertiary/aromatic N) is 1. The van der Waals surface area contributed by atoms with E-state index in [2.05, 4.69) is 15.6 Å². The van der Waals surface area contributed by atoms with Crippen LogP contribution in [0.5, 0.6) is 0 Å². The standard InChI is InChI=1S/C12H19N3O3S/c1-6(2)8-5-13-11(19-8)15-10(16)9(7(3)4)14-12(17)18/h5-7,9,14H,1-4H3,(H,17,18)(H,13,15,16)/t9-/m0/s1. The Morgan fingerprint density at radius 3 is 2.37 bits per heavy atom. The van der Waals surface area contributed by atoms with E-state index < -0.39 is 12.1 Å². The monoisotopic (exact) mass is 285 g/mol. The zero-order valence-corrected chi connectivity index (χ0v) is 12.2. The number of amides is 2. The summed E-state index contributed by atoms with van der Waals surface area (Å²) in [7, 11) is 0. The van der Waals surface area contributed by atoms with E-state index in [0.717, 1.165) is 4.88 Å². The number of nitrogens with one attached hydrogen (secondary N) is 2. The van der Waals surface area contributed by atoms with Crippen LogP contribution in [0.1, 0.15) is 38.5 Å². The zero-order chi connectivity index (χ0) is 14.6. The lowest BCUT2D eigenvalue weighted by molar-refractivity contribution is -0.118. The zero-order valence-electron chi connectivity index (χ0n) is 11.4. The number of hydrogen-bond acceptors (Lipinski definition) is 4. The van der Waals surface area contributed by atoms with Crippen molar-refractivity contribution < 1.29 is 14.7 Å². The van der Waals surface area contributed by atoms with E-state index in [-0.39, 0.29) is 11.8 Å². The Hall–Kier alpha value is -1.63. The second kappa shape index (κ2) is 6.51. The van der Waals surface area contributed by atoms with E-state index in [4.69, 9.17) is 5.11 Å². The number of carboxylic acid groups (broad SMARTS) is 1. The van der Waals surface area contributed by atoms with E-state index in [0.29, 0.717) is 11.0 Å². The van der Waals surface area contributed by atoms with Gasteiger partial charge in [-0.25, -0.2) is 9.78 Å². The SMILES string of the molecule is CC(C)c1cnc(NC(=O)[C@@H](NC(=O)O)C(C)C)s1. The van der Waals surface area contributed by atoms with Crippen LogP contribution >= 0.6 is 11.3 Å². The Bertz CT molecular complexity index is 457. The molecule has 3 N–H and O–H groups in total. The molecular formula is C12H19N3O3S. The first kappa shape index (κ1) is 15.4. The van der Waals surface area contributed by atoms with Crippen LogP contribution in [0, 0.1) is 5.92 Å². The fourth-order valence-electron chi connectivity index (χ4n) is 1.46. The molecule has 0 bridgehead atoms. The summed E-state index contributed by atoms with van der Waals surface area (Å²) < 4.78 is 0. The smallest absolute Gasteiger partial charge is 0.405 e. The second-order valence-corrected chi connectivity index (χ2v) is 5.95. The molecule has 6 nitrogen and oxygen atoms in total. The van der Waals surface area contributed by atoms with Crippen LogP contribution in [0.4, 0.5) is 9.93 Å². The summed E-state index contributed by atoms with van der Waals surface area (Å²) >= 11 is 1.40. The van der Waals surface area contributed by atoms with Crippen molar-refractivity contribution in [3.05, 3.63) is 11.1 Å². The molecule has 1 aromatic rings. The average Bonchev–Trinajstić information content (AvgIpc) is 2.73. The molecule has 0 aromatic carbocycles. The number of hydrogen-bond donors (Lipinski definition) is 3. The summed E-state index contributed by atoms with van der Waals surface area (Å²) in [5.41, 5.74) is 0. The first-order chi connectivity index (χ1) is 8.81. The molecule has 1 aromatic heterocycles. The Morgan fingerprint density at radius 1 is 1.32 bits per heavy atom. The van der Waals surface area contributed by atoms with Gasteiger partial charge in [0.2, 0.25) is 5.91 Å². The molecule has 0 aliphatic heterocycles. The van der Waals surface area contributed by atoms with E-state index in [1.165, 1.54) is 11.3 Å². The third-order valence-corrected chi connectivity index (χ3v) is 3.76. The lowest BCUT2D eigenvalue weighted by Gasteiger charge is -2.19. The van der Waals surface area contributed by atoms with Crippen LogP contribution < -0.4 is 10.6 Å². The highest BCUT2D eigenvalue weighted by atomic mass is 32.1. The van der Waals surface area contributed by atoms with Crippen LogP contribution in [0.2, 0.25) is 0 Å². The maximum atomic E-state index is 12.0. The number of aromatic nitrogens is 1. The molecule has 0 aliphatic carbocycles. The van der Waals surface area contributed by atoms with Gasteiger partial charge in [0.1, 0.15) is 6.04 Å². The van der Waals surface area contributed by atoms with Gasteiger partial charge in [0, 0.05) is 11.1 Å². The number of rotatable bonds is 5. The third kappa shape index (κ3) is 4.51. The molecule has 0 fully saturated rings. The van der Waals surface area contributed by atoms with Crippen molar-refractivity contribution in [2.24, 2.45) is 5.92 Å². The fourth-order valence-corrected chi connectivity index (χ4v) is 2.28. The van der Waals surface area contributed by atoms with E-state index in [9.17, 15) is 9.59 Å². The summed E-state index contributed by atoms with van der Waals surface area (Å²) in [6, 6.07) is -0.788. The minimum absolute atomic E-state index is 0.138. The van der Waals surface area contributed by atoms with Gasteiger partial charge in [-0.3, -0.25) is 4.79 Å². The van der Waals surface area contributed by atoms with Gasteiger partial charge in [0.05, 0.1) is 0 Å². The highest BCUT2D eigenvalue weighted by molar-refractivity contribution is 7.15. The predicted molar refractivity (Wildman–Crippen MR) is 74.6 cm³/mol. The lowest BCUT2D eigenvalue weighted by atomic mass is 10.0. The number of anilines is 1. The molecule has 0 aliphatic rings. The normalized spacial score (nSPS) is 12.5. The lowest BCUT2D eigenvalue weighted by Crippen LogP contribution is -2.46. The van der Waals surface area contributed by atoms with Gasteiger partial charge in [-0.2, -0.15) is 0 Å². The molecule has 1 atom stereocenters. The summed E-state index contributed by atoms with van der Waals surface area (Å²) in [6.07, 6.45) is 0.510. The predicted octanol–water partition coefficient (Wildman–Crippen LogP) is 2.50. The Balaban J connectivity index is 2.72. The summed E-state index contributed by atoms with van der Waals surface area (Å²) in [6.45, 7) is 7.65. The second-order valence-electron chi connectivity index (χ2n) is 4.88. The van der Waals surface area contributed by atoms with Crippen LogP contribution in [0.15, 0.2) is 6.20 Å². The molecule has 0 radical (unpaired) electrons. The fraction of sp³-hybridized carbons (Fsp3) is 0.583. The van der Waals surface area contributed by atoms with Gasteiger partial charge < -0.3 is 15.7 Å². The van der Waals surface area contributed by atoms with E-state index in [1.54, 1.807) is 20.0 Å². The number of carbonyl (C=O) groups is 2. The maximum absolute atomic E-state index is 12.0. The molecule has 19 heavy (non-hydrogen) atoms. The maximum Gasteiger partial charge on any atom is 0.405 e. The Morgan fingerprint density at radius 2 is 1.95 bits per heavy atom. The topological polar surface area (TPSA) is 91.3 Å². The van der Waals surface area contributed by atoms with Crippen molar-refractivity contribution in [3.8, 4) is 0 Å².